The maximum absolute atomic E-state index is 12.3. The van der Waals surface area contributed by atoms with E-state index in [-0.39, 0.29) is 12.4 Å². The molecule has 2 aromatic carbocycles. The second-order valence-corrected chi connectivity index (χ2v) is 5.40. The van der Waals surface area contributed by atoms with Crippen LogP contribution in [-0.4, -0.2) is 23.3 Å². The van der Waals surface area contributed by atoms with Crippen LogP contribution in [0.4, 0.5) is 4.79 Å². The summed E-state index contributed by atoms with van der Waals surface area (Å²) >= 11 is 0. The number of ether oxygens (including phenoxy) is 1. The lowest BCUT2D eigenvalue weighted by Gasteiger charge is -2.22. The van der Waals surface area contributed by atoms with E-state index in [9.17, 15) is 9.59 Å². The number of rotatable bonds is 7. The molecule has 1 amide bonds. The van der Waals surface area contributed by atoms with Gasteiger partial charge >= 0.3 is 6.09 Å². The predicted octanol–water partition coefficient (Wildman–Crippen LogP) is 3.80. The summed E-state index contributed by atoms with van der Waals surface area (Å²) < 4.78 is 5.37. The van der Waals surface area contributed by atoms with Crippen molar-refractivity contribution < 1.29 is 14.3 Å². The second kappa shape index (κ2) is 8.73. The molecular weight excluding hydrogens is 290 g/mol. The third-order valence-corrected chi connectivity index (χ3v) is 3.41. The van der Waals surface area contributed by atoms with Gasteiger partial charge in [-0.2, -0.15) is 0 Å². The summed E-state index contributed by atoms with van der Waals surface area (Å²) in [6.45, 7) is 2.54. The second-order valence-electron chi connectivity index (χ2n) is 5.40. The standard InChI is InChI=1S/C19H21NO3/c1-16(21)12-13-20(14-17-8-4-2-5-9-17)19(22)23-15-18-10-6-3-7-11-18/h2-11H,12-15H2,1H3. The zero-order valence-corrected chi connectivity index (χ0v) is 13.3. The molecule has 0 unspecified atom stereocenters. The minimum absolute atomic E-state index is 0.0546. The van der Waals surface area contributed by atoms with Gasteiger partial charge in [-0.1, -0.05) is 60.7 Å². The number of Topliss-reactive ketones (excluding diaryl/α,β-unsaturated/α-hetero) is 1. The fraction of sp³-hybridized carbons (Fsp3) is 0.263. The van der Waals surface area contributed by atoms with Gasteiger partial charge in [-0.15, -0.1) is 0 Å². The van der Waals surface area contributed by atoms with Crippen molar-refractivity contribution in [2.24, 2.45) is 0 Å². The van der Waals surface area contributed by atoms with Gasteiger partial charge in [-0.25, -0.2) is 4.79 Å². The van der Waals surface area contributed by atoms with Gasteiger partial charge in [0.05, 0.1) is 0 Å². The Kier molecular flexibility index (Phi) is 6.36. The van der Waals surface area contributed by atoms with Crippen molar-refractivity contribution >= 4 is 11.9 Å². The number of ketones is 1. The molecule has 0 fully saturated rings. The molecule has 23 heavy (non-hydrogen) atoms. The lowest BCUT2D eigenvalue weighted by molar-refractivity contribution is -0.117. The average molecular weight is 311 g/mol. The molecule has 120 valence electrons. The van der Waals surface area contributed by atoms with Crippen molar-refractivity contribution in [2.45, 2.75) is 26.5 Å². The molecule has 0 radical (unpaired) electrons. The van der Waals surface area contributed by atoms with E-state index in [1.165, 1.54) is 6.92 Å². The van der Waals surface area contributed by atoms with Crippen LogP contribution in [0.3, 0.4) is 0 Å². The summed E-state index contributed by atoms with van der Waals surface area (Å²) in [4.78, 5) is 25.1. The van der Waals surface area contributed by atoms with Gasteiger partial charge in [0, 0.05) is 19.5 Å². The Morgan fingerprint density at radius 2 is 1.48 bits per heavy atom. The molecule has 0 saturated carbocycles. The summed E-state index contributed by atoms with van der Waals surface area (Å²) in [5.74, 6) is 0.0546. The summed E-state index contributed by atoms with van der Waals surface area (Å²) in [7, 11) is 0. The first-order valence-electron chi connectivity index (χ1n) is 7.64. The summed E-state index contributed by atoms with van der Waals surface area (Å²) in [5, 5.41) is 0. The van der Waals surface area contributed by atoms with E-state index < -0.39 is 6.09 Å². The average Bonchev–Trinajstić information content (AvgIpc) is 2.58. The number of nitrogens with zero attached hydrogens (tertiary/aromatic N) is 1. The Bertz CT molecular complexity index is 626. The van der Waals surface area contributed by atoms with Crippen molar-refractivity contribution in [3.63, 3.8) is 0 Å². The largest absolute Gasteiger partial charge is 0.445 e. The Balaban J connectivity index is 1.97. The molecule has 0 N–H and O–H groups in total. The molecule has 0 bridgehead atoms. The van der Waals surface area contributed by atoms with Crippen LogP contribution in [0.5, 0.6) is 0 Å². The van der Waals surface area contributed by atoms with Crippen LogP contribution >= 0.6 is 0 Å². The highest BCUT2D eigenvalue weighted by molar-refractivity contribution is 5.76. The molecule has 0 aromatic heterocycles. The molecule has 2 rings (SSSR count). The monoisotopic (exact) mass is 311 g/mol. The maximum Gasteiger partial charge on any atom is 0.410 e. The molecule has 4 nitrogen and oxygen atoms in total. The van der Waals surface area contributed by atoms with Gasteiger partial charge in [0.25, 0.3) is 0 Å². The third-order valence-electron chi connectivity index (χ3n) is 3.41. The molecule has 2 aromatic rings. The fourth-order valence-corrected chi connectivity index (χ4v) is 2.14. The molecule has 0 heterocycles. The van der Waals surface area contributed by atoms with E-state index in [0.717, 1.165) is 11.1 Å². The fourth-order valence-electron chi connectivity index (χ4n) is 2.14. The van der Waals surface area contributed by atoms with E-state index in [4.69, 9.17) is 4.74 Å². The van der Waals surface area contributed by atoms with Crippen LogP contribution in [0.15, 0.2) is 60.7 Å². The minimum atomic E-state index is -0.404. The number of carbonyl (C=O) groups excluding carboxylic acids is 2. The van der Waals surface area contributed by atoms with E-state index in [0.29, 0.717) is 19.5 Å². The number of hydrogen-bond donors (Lipinski definition) is 0. The number of benzene rings is 2. The lowest BCUT2D eigenvalue weighted by atomic mass is 10.2. The lowest BCUT2D eigenvalue weighted by Crippen LogP contribution is -2.32. The van der Waals surface area contributed by atoms with Crippen LogP contribution in [0, 0.1) is 0 Å². The third kappa shape index (κ3) is 5.94. The molecule has 4 heteroatoms. The van der Waals surface area contributed by atoms with Crippen molar-refractivity contribution in [1.29, 1.82) is 0 Å². The SMILES string of the molecule is CC(=O)CCN(Cc1ccccc1)C(=O)OCc1ccccc1. The highest BCUT2D eigenvalue weighted by atomic mass is 16.6. The molecule has 0 spiro atoms. The Labute approximate surface area is 136 Å². The van der Waals surface area contributed by atoms with E-state index >= 15 is 0 Å². The Morgan fingerprint density at radius 3 is 2.04 bits per heavy atom. The van der Waals surface area contributed by atoms with Gasteiger partial charge in [-0.3, -0.25) is 4.79 Å². The maximum atomic E-state index is 12.3. The highest BCUT2D eigenvalue weighted by Gasteiger charge is 2.16. The van der Waals surface area contributed by atoms with Gasteiger partial charge in [0.15, 0.2) is 0 Å². The topological polar surface area (TPSA) is 46.6 Å². The van der Waals surface area contributed by atoms with Crippen molar-refractivity contribution in [2.75, 3.05) is 6.54 Å². The normalized spacial score (nSPS) is 10.1. The van der Waals surface area contributed by atoms with Crippen LogP contribution in [0.1, 0.15) is 24.5 Å². The van der Waals surface area contributed by atoms with Crippen LogP contribution in [0.2, 0.25) is 0 Å². The van der Waals surface area contributed by atoms with Crippen molar-refractivity contribution in [3.05, 3.63) is 71.8 Å². The minimum Gasteiger partial charge on any atom is -0.445 e. The summed E-state index contributed by atoms with van der Waals surface area (Å²) in [6.07, 6.45) is -0.0771. The zero-order valence-electron chi connectivity index (χ0n) is 13.3. The quantitative estimate of drug-likeness (QED) is 0.781. The molecule has 0 atom stereocenters. The number of hydrogen-bond acceptors (Lipinski definition) is 3. The smallest absolute Gasteiger partial charge is 0.410 e. The van der Waals surface area contributed by atoms with E-state index in [1.54, 1.807) is 4.90 Å². The van der Waals surface area contributed by atoms with Crippen LogP contribution in [-0.2, 0) is 22.7 Å². The molecule has 0 aliphatic rings. The highest BCUT2D eigenvalue weighted by Crippen LogP contribution is 2.09. The molecule has 0 aliphatic carbocycles. The first kappa shape index (κ1) is 16.7. The van der Waals surface area contributed by atoms with Crippen molar-refractivity contribution in [1.82, 2.24) is 4.90 Å². The molecule has 0 saturated heterocycles. The Hall–Kier alpha value is -2.62. The van der Waals surface area contributed by atoms with Gasteiger partial charge in [-0.05, 0) is 18.1 Å². The van der Waals surface area contributed by atoms with Crippen LogP contribution < -0.4 is 0 Å². The van der Waals surface area contributed by atoms with Crippen LogP contribution in [0.25, 0.3) is 0 Å². The first-order chi connectivity index (χ1) is 11.1. The van der Waals surface area contributed by atoms with Gasteiger partial charge in [0.1, 0.15) is 12.4 Å². The molecular formula is C19H21NO3. The van der Waals surface area contributed by atoms with Crippen molar-refractivity contribution in [3.8, 4) is 0 Å². The summed E-state index contributed by atoms with van der Waals surface area (Å²) in [6, 6.07) is 19.2. The summed E-state index contributed by atoms with van der Waals surface area (Å²) in [5.41, 5.74) is 1.94. The molecule has 0 aliphatic heterocycles. The predicted molar refractivity (Wildman–Crippen MR) is 88.8 cm³/mol. The number of amides is 1. The van der Waals surface area contributed by atoms with E-state index in [1.807, 2.05) is 60.7 Å². The van der Waals surface area contributed by atoms with E-state index in [2.05, 4.69) is 0 Å². The number of carbonyl (C=O) groups is 2. The van der Waals surface area contributed by atoms with Gasteiger partial charge < -0.3 is 9.64 Å². The zero-order chi connectivity index (χ0) is 16.5. The first-order valence-corrected chi connectivity index (χ1v) is 7.64. The Morgan fingerprint density at radius 1 is 0.913 bits per heavy atom. The van der Waals surface area contributed by atoms with Gasteiger partial charge in [0.2, 0.25) is 0 Å².